The molecule has 3 heteroatoms. The van der Waals surface area contributed by atoms with E-state index in [2.05, 4.69) is 33.8 Å². The van der Waals surface area contributed by atoms with Crippen molar-refractivity contribution < 1.29 is 14.3 Å². The summed E-state index contributed by atoms with van der Waals surface area (Å²) < 4.78 is 5.91. The van der Waals surface area contributed by atoms with Crippen LogP contribution in [0, 0.1) is 40.4 Å². The van der Waals surface area contributed by atoms with Gasteiger partial charge in [-0.15, -0.1) is 0 Å². The number of esters is 1. The van der Waals surface area contributed by atoms with Crippen LogP contribution in [-0.2, 0) is 14.3 Å². The van der Waals surface area contributed by atoms with Crippen LogP contribution < -0.4 is 0 Å². The van der Waals surface area contributed by atoms with Crippen LogP contribution in [0.2, 0.25) is 0 Å². The van der Waals surface area contributed by atoms with E-state index in [1.165, 1.54) is 32.1 Å². The molecule has 0 aromatic rings. The number of fused-ring (bicyclic) bond motifs is 5. The fourth-order valence-corrected chi connectivity index (χ4v) is 8.09. The Morgan fingerprint density at radius 3 is 2.57 bits per heavy atom. The lowest BCUT2D eigenvalue weighted by Gasteiger charge is -2.60. The van der Waals surface area contributed by atoms with Gasteiger partial charge in [-0.1, -0.05) is 33.8 Å². The molecule has 3 saturated carbocycles. The average molecular weight is 415 g/mol. The molecule has 4 aliphatic rings. The summed E-state index contributed by atoms with van der Waals surface area (Å²) in [6.07, 6.45) is 13.3. The largest absolute Gasteiger partial charge is 0.462 e. The highest BCUT2D eigenvalue weighted by molar-refractivity contribution is 5.95. The number of carbonyl (C=O) groups excluding carboxylic acids is 2. The number of carbonyl (C=O) groups is 2. The number of allylic oxidation sites excluding steroid dienone is 2. The average Bonchev–Trinajstić information content (AvgIpc) is 3.04. The topological polar surface area (TPSA) is 43.4 Å². The summed E-state index contributed by atoms with van der Waals surface area (Å²) in [6.45, 7) is 11.0. The molecule has 30 heavy (non-hydrogen) atoms. The highest BCUT2D eigenvalue weighted by Gasteiger charge is 2.59. The van der Waals surface area contributed by atoms with E-state index in [1.807, 2.05) is 0 Å². The first-order valence-electron chi connectivity index (χ1n) is 12.6. The minimum absolute atomic E-state index is 0.00761. The Kier molecular flexibility index (Phi) is 5.96. The second-order valence-corrected chi connectivity index (χ2v) is 11.8. The number of hydrogen-bond acceptors (Lipinski definition) is 3. The van der Waals surface area contributed by atoms with Crippen LogP contribution in [0.15, 0.2) is 11.6 Å². The Labute approximate surface area is 183 Å². The smallest absolute Gasteiger partial charge is 0.306 e. The Bertz CT molecular complexity index is 722. The van der Waals surface area contributed by atoms with Gasteiger partial charge in [0.2, 0.25) is 0 Å². The minimum Gasteiger partial charge on any atom is -0.462 e. The molecular formula is C27H42O3. The molecule has 4 rings (SSSR count). The van der Waals surface area contributed by atoms with Crippen molar-refractivity contribution in [3.05, 3.63) is 11.6 Å². The van der Waals surface area contributed by atoms with Gasteiger partial charge in [-0.3, -0.25) is 9.59 Å². The highest BCUT2D eigenvalue weighted by atomic mass is 16.5. The van der Waals surface area contributed by atoms with Gasteiger partial charge < -0.3 is 4.74 Å². The van der Waals surface area contributed by atoms with Gasteiger partial charge in [0, 0.05) is 6.42 Å². The van der Waals surface area contributed by atoms with E-state index < -0.39 is 0 Å². The Hall–Kier alpha value is -1.12. The standard InChI is InChI=1S/C27H42O3/c1-17(2)6-11-25(29)30-20-12-14-26(4)19(16-20)7-8-21-23-10-9-22(18(3)28)27(23,5)15-13-24(21)26/h9,17,19-21,23-24H,6-8,10-16H2,1-5H3/t19-,20?,21?,23?,24?,26-,27+/m0/s1. The third-order valence-corrected chi connectivity index (χ3v) is 9.80. The van der Waals surface area contributed by atoms with E-state index in [-0.39, 0.29) is 23.3 Å². The zero-order chi connectivity index (χ0) is 21.7. The summed E-state index contributed by atoms with van der Waals surface area (Å²) in [5, 5.41) is 0. The first-order valence-corrected chi connectivity index (χ1v) is 12.6. The molecule has 3 nitrogen and oxygen atoms in total. The summed E-state index contributed by atoms with van der Waals surface area (Å²) in [5.74, 6) is 3.70. The molecule has 4 unspecified atom stereocenters. The SMILES string of the molecule is CC(=O)C1=CCC2C3CC[C@H]4CC(OC(=O)CCC(C)C)CC[C@]4(C)C3CC[C@]12C. The number of rotatable bonds is 5. The van der Waals surface area contributed by atoms with Crippen molar-refractivity contribution >= 4 is 11.8 Å². The van der Waals surface area contributed by atoms with Crippen LogP contribution in [0.5, 0.6) is 0 Å². The molecule has 0 amide bonds. The van der Waals surface area contributed by atoms with E-state index in [4.69, 9.17) is 4.74 Å². The zero-order valence-electron chi connectivity index (χ0n) is 19.8. The second kappa shape index (κ2) is 8.10. The molecule has 3 fully saturated rings. The van der Waals surface area contributed by atoms with Crippen LogP contribution in [0.1, 0.15) is 98.8 Å². The number of Topliss-reactive ketones (excluding diaryl/α,β-unsaturated/α-hetero) is 1. The van der Waals surface area contributed by atoms with Crippen molar-refractivity contribution in [2.75, 3.05) is 0 Å². The number of ketones is 1. The summed E-state index contributed by atoms with van der Waals surface area (Å²) >= 11 is 0. The Balaban J connectivity index is 1.42. The van der Waals surface area contributed by atoms with Crippen LogP contribution >= 0.6 is 0 Å². The molecule has 0 aliphatic heterocycles. The van der Waals surface area contributed by atoms with Gasteiger partial charge in [-0.2, -0.15) is 0 Å². The highest BCUT2D eigenvalue weighted by Crippen LogP contribution is 2.66. The van der Waals surface area contributed by atoms with E-state index in [0.29, 0.717) is 29.6 Å². The molecule has 0 heterocycles. The molecule has 0 aromatic carbocycles. The van der Waals surface area contributed by atoms with Gasteiger partial charge in [0.1, 0.15) is 6.10 Å². The van der Waals surface area contributed by atoms with E-state index in [0.717, 1.165) is 43.1 Å². The molecule has 0 bridgehead atoms. The van der Waals surface area contributed by atoms with E-state index in [9.17, 15) is 9.59 Å². The van der Waals surface area contributed by atoms with Crippen molar-refractivity contribution in [3.63, 3.8) is 0 Å². The Morgan fingerprint density at radius 1 is 1.10 bits per heavy atom. The van der Waals surface area contributed by atoms with E-state index >= 15 is 0 Å². The van der Waals surface area contributed by atoms with Crippen LogP contribution in [0.3, 0.4) is 0 Å². The number of hydrogen-bond donors (Lipinski definition) is 0. The van der Waals surface area contributed by atoms with Crippen LogP contribution in [0.25, 0.3) is 0 Å². The van der Waals surface area contributed by atoms with Gasteiger partial charge in [-0.25, -0.2) is 0 Å². The van der Waals surface area contributed by atoms with Crippen molar-refractivity contribution in [1.29, 1.82) is 0 Å². The Morgan fingerprint density at radius 2 is 1.87 bits per heavy atom. The van der Waals surface area contributed by atoms with Crippen LogP contribution in [0.4, 0.5) is 0 Å². The third-order valence-electron chi connectivity index (χ3n) is 9.80. The summed E-state index contributed by atoms with van der Waals surface area (Å²) in [4.78, 5) is 24.5. The van der Waals surface area contributed by atoms with Gasteiger partial charge in [0.05, 0.1) is 0 Å². The molecule has 0 aromatic heterocycles. The maximum absolute atomic E-state index is 12.3. The van der Waals surface area contributed by atoms with Gasteiger partial charge >= 0.3 is 5.97 Å². The van der Waals surface area contributed by atoms with Crippen LogP contribution in [-0.4, -0.2) is 17.9 Å². The predicted octanol–water partition coefficient (Wildman–Crippen LogP) is 6.50. The summed E-state index contributed by atoms with van der Waals surface area (Å²) in [7, 11) is 0. The molecule has 0 radical (unpaired) electrons. The predicted molar refractivity (Wildman–Crippen MR) is 120 cm³/mol. The minimum atomic E-state index is 0.00761. The number of ether oxygens (including phenoxy) is 1. The molecule has 168 valence electrons. The quantitative estimate of drug-likeness (QED) is 0.482. The second-order valence-electron chi connectivity index (χ2n) is 11.8. The normalized spacial score (nSPS) is 42.7. The molecule has 0 spiro atoms. The first-order chi connectivity index (χ1) is 14.1. The first kappa shape index (κ1) is 22.1. The maximum Gasteiger partial charge on any atom is 0.306 e. The van der Waals surface area contributed by atoms with E-state index in [1.54, 1.807) is 6.92 Å². The van der Waals surface area contributed by atoms with Crippen molar-refractivity contribution in [2.45, 2.75) is 105 Å². The van der Waals surface area contributed by atoms with Gasteiger partial charge in [-0.05, 0) is 111 Å². The van der Waals surface area contributed by atoms with Crippen molar-refractivity contribution in [3.8, 4) is 0 Å². The van der Waals surface area contributed by atoms with Crippen molar-refractivity contribution in [1.82, 2.24) is 0 Å². The lowest BCUT2D eigenvalue weighted by atomic mass is 9.44. The van der Waals surface area contributed by atoms with Gasteiger partial charge in [0.25, 0.3) is 0 Å². The van der Waals surface area contributed by atoms with Gasteiger partial charge in [0.15, 0.2) is 5.78 Å². The third kappa shape index (κ3) is 3.69. The fourth-order valence-electron chi connectivity index (χ4n) is 8.09. The lowest BCUT2D eigenvalue weighted by molar-refractivity contribution is -0.161. The van der Waals surface area contributed by atoms with Crippen molar-refractivity contribution in [2.24, 2.45) is 40.4 Å². The zero-order valence-corrected chi connectivity index (χ0v) is 19.8. The lowest BCUT2D eigenvalue weighted by Crippen LogP contribution is -2.54. The summed E-state index contributed by atoms with van der Waals surface area (Å²) in [5.41, 5.74) is 1.61. The molecule has 0 N–H and O–H groups in total. The summed E-state index contributed by atoms with van der Waals surface area (Å²) in [6, 6.07) is 0. The fraction of sp³-hybridized carbons (Fsp3) is 0.852. The molecule has 4 aliphatic carbocycles. The molecule has 0 saturated heterocycles. The molecular weight excluding hydrogens is 372 g/mol. The monoisotopic (exact) mass is 414 g/mol. The maximum atomic E-state index is 12.3. The molecule has 7 atom stereocenters.